The lowest BCUT2D eigenvalue weighted by molar-refractivity contribution is 0.477. The van der Waals surface area contributed by atoms with Crippen molar-refractivity contribution < 1.29 is 8.42 Å². The summed E-state index contributed by atoms with van der Waals surface area (Å²) < 4.78 is 27.3. The Bertz CT molecular complexity index is 463. The highest BCUT2D eigenvalue weighted by Gasteiger charge is 2.30. The van der Waals surface area contributed by atoms with Gasteiger partial charge in [-0.1, -0.05) is 0 Å². The molecule has 1 aromatic heterocycles. The molecule has 1 aromatic rings. The van der Waals surface area contributed by atoms with E-state index in [4.69, 9.17) is 0 Å². The minimum atomic E-state index is -3.28. The van der Waals surface area contributed by atoms with Gasteiger partial charge in [0.05, 0.1) is 7.57 Å². The lowest BCUT2D eigenvalue weighted by Crippen LogP contribution is -2.27. The first kappa shape index (κ1) is 12.0. The summed E-state index contributed by atoms with van der Waals surface area (Å²) in [5.41, 5.74) is 0. The van der Waals surface area contributed by atoms with Crippen LogP contribution in [0, 0.1) is 0 Å². The van der Waals surface area contributed by atoms with Crippen LogP contribution < -0.4 is 0 Å². The van der Waals surface area contributed by atoms with Gasteiger partial charge in [-0.3, -0.25) is 0 Å². The van der Waals surface area contributed by atoms with E-state index in [1.165, 1.54) is 11.3 Å². The summed E-state index contributed by atoms with van der Waals surface area (Å²) in [6.07, 6.45) is 1.92. The van der Waals surface area contributed by atoms with Gasteiger partial charge in [0.2, 0.25) is 10.0 Å². The molecule has 1 aliphatic rings. The molecule has 84 valence electrons. The third-order valence-electron chi connectivity index (χ3n) is 2.31. The molecule has 2 heterocycles. The Balaban J connectivity index is 2.40. The summed E-state index contributed by atoms with van der Waals surface area (Å²) in [5.74, 6) is 0. The molecule has 2 rings (SSSR count). The Kier molecular flexibility index (Phi) is 3.57. The van der Waals surface area contributed by atoms with Crippen molar-refractivity contribution in [2.45, 2.75) is 17.7 Å². The maximum atomic E-state index is 12.2. The Labute approximate surface area is 110 Å². The Morgan fingerprint density at radius 2 is 1.87 bits per heavy atom. The summed E-state index contributed by atoms with van der Waals surface area (Å²) in [7, 11) is -3.28. The predicted molar refractivity (Wildman–Crippen MR) is 67.7 cm³/mol. The fourth-order valence-electron chi connectivity index (χ4n) is 1.57. The number of sulfonamides is 1. The third kappa shape index (κ3) is 2.31. The first-order valence-corrected chi connectivity index (χ1v) is 8.31. The summed E-state index contributed by atoms with van der Waals surface area (Å²) in [6.45, 7) is 1.28. The maximum absolute atomic E-state index is 12.2. The van der Waals surface area contributed by atoms with Gasteiger partial charge in [0.25, 0.3) is 0 Å². The van der Waals surface area contributed by atoms with Gasteiger partial charge in [-0.05, 0) is 50.8 Å². The van der Waals surface area contributed by atoms with Crippen LogP contribution in [0.2, 0.25) is 0 Å². The van der Waals surface area contributed by atoms with Crippen LogP contribution >= 0.6 is 43.2 Å². The molecule has 1 saturated heterocycles. The molecular formula is C8H9Br2NO2S2. The number of thiophene rings is 1. The number of halogens is 2. The molecule has 0 aromatic carbocycles. The van der Waals surface area contributed by atoms with Gasteiger partial charge in [0.1, 0.15) is 4.90 Å². The molecule has 0 radical (unpaired) electrons. The molecular weight excluding hydrogens is 366 g/mol. The van der Waals surface area contributed by atoms with E-state index in [1.54, 1.807) is 10.4 Å². The van der Waals surface area contributed by atoms with Crippen LogP contribution in [0.25, 0.3) is 0 Å². The third-order valence-corrected chi connectivity index (χ3v) is 6.96. The molecule has 3 nitrogen and oxygen atoms in total. The van der Waals surface area contributed by atoms with Crippen LogP contribution in [-0.2, 0) is 10.0 Å². The van der Waals surface area contributed by atoms with Gasteiger partial charge >= 0.3 is 0 Å². The molecule has 7 heteroatoms. The Morgan fingerprint density at radius 3 is 2.33 bits per heavy atom. The van der Waals surface area contributed by atoms with E-state index in [9.17, 15) is 8.42 Å². The van der Waals surface area contributed by atoms with Crippen molar-refractivity contribution in [3.05, 3.63) is 13.6 Å². The Hall–Kier alpha value is 0.570. The number of hydrogen-bond acceptors (Lipinski definition) is 3. The van der Waals surface area contributed by atoms with Crippen molar-refractivity contribution in [3.63, 3.8) is 0 Å². The summed E-state index contributed by atoms with van der Waals surface area (Å²) in [5, 5.41) is 0. The first-order valence-electron chi connectivity index (χ1n) is 4.47. The molecule has 15 heavy (non-hydrogen) atoms. The number of hydrogen-bond donors (Lipinski definition) is 0. The van der Waals surface area contributed by atoms with Crippen molar-refractivity contribution in [1.29, 1.82) is 0 Å². The lowest BCUT2D eigenvalue weighted by Gasteiger charge is -2.14. The van der Waals surface area contributed by atoms with E-state index in [1.807, 2.05) is 0 Å². The maximum Gasteiger partial charge on any atom is 0.245 e. The second kappa shape index (κ2) is 4.44. The minimum Gasteiger partial charge on any atom is -0.207 e. The van der Waals surface area contributed by atoms with Crippen molar-refractivity contribution in [2.24, 2.45) is 0 Å². The van der Waals surface area contributed by atoms with Crippen LogP contribution in [0.1, 0.15) is 12.8 Å². The second-order valence-corrected chi connectivity index (χ2v) is 8.96. The van der Waals surface area contributed by atoms with E-state index >= 15 is 0 Å². The van der Waals surface area contributed by atoms with E-state index in [2.05, 4.69) is 31.9 Å². The van der Waals surface area contributed by atoms with Gasteiger partial charge in [-0.15, -0.1) is 11.3 Å². The highest BCUT2D eigenvalue weighted by Crippen LogP contribution is 2.36. The lowest BCUT2D eigenvalue weighted by atomic mass is 10.4. The van der Waals surface area contributed by atoms with E-state index in [-0.39, 0.29) is 0 Å². The topological polar surface area (TPSA) is 37.4 Å². The Morgan fingerprint density at radius 1 is 1.27 bits per heavy atom. The molecule has 1 aliphatic heterocycles. The zero-order valence-electron chi connectivity index (χ0n) is 7.74. The van der Waals surface area contributed by atoms with Gasteiger partial charge in [0, 0.05) is 13.1 Å². The predicted octanol–water partition coefficient (Wildman–Crippen LogP) is 3.06. The van der Waals surface area contributed by atoms with E-state index < -0.39 is 10.0 Å². The molecule has 0 N–H and O–H groups in total. The zero-order chi connectivity index (χ0) is 11.1. The molecule has 0 spiro atoms. The average molecular weight is 375 g/mol. The van der Waals surface area contributed by atoms with Crippen LogP contribution in [0.3, 0.4) is 0 Å². The standard InChI is InChI=1S/C8H9Br2NO2S2/c9-7-5-6(8(10)14-7)15(12,13)11-3-1-2-4-11/h5H,1-4H2. The van der Waals surface area contributed by atoms with Crippen molar-refractivity contribution in [1.82, 2.24) is 4.31 Å². The van der Waals surface area contributed by atoms with Crippen LogP contribution in [0.15, 0.2) is 18.5 Å². The van der Waals surface area contributed by atoms with E-state index in [0.717, 1.165) is 16.6 Å². The molecule has 0 atom stereocenters. The minimum absolute atomic E-state index is 0.376. The van der Waals surface area contributed by atoms with Crippen molar-refractivity contribution in [3.8, 4) is 0 Å². The second-order valence-electron chi connectivity index (χ2n) is 3.30. The van der Waals surface area contributed by atoms with Gasteiger partial charge in [0.15, 0.2) is 0 Å². The van der Waals surface area contributed by atoms with Gasteiger partial charge in [-0.25, -0.2) is 8.42 Å². The van der Waals surface area contributed by atoms with Crippen LogP contribution in [0.4, 0.5) is 0 Å². The van der Waals surface area contributed by atoms with Crippen molar-refractivity contribution in [2.75, 3.05) is 13.1 Å². The zero-order valence-corrected chi connectivity index (χ0v) is 12.5. The summed E-state index contributed by atoms with van der Waals surface area (Å²) in [6, 6.07) is 1.66. The monoisotopic (exact) mass is 373 g/mol. The molecule has 0 amide bonds. The van der Waals surface area contributed by atoms with E-state index in [0.29, 0.717) is 21.8 Å². The fraction of sp³-hybridized carbons (Fsp3) is 0.500. The number of rotatable bonds is 2. The SMILES string of the molecule is O=S(=O)(c1cc(Br)sc1Br)N1CCCC1. The molecule has 0 saturated carbocycles. The summed E-state index contributed by atoms with van der Waals surface area (Å²) >= 11 is 7.95. The van der Waals surface area contributed by atoms with Gasteiger partial charge < -0.3 is 0 Å². The number of nitrogens with zero attached hydrogens (tertiary/aromatic N) is 1. The summed E-state index contributed by atoms with van der Waals surface area (Å²) in [4.78, 5) is 0.376. The van der Waals surface area contributed by atoms with Crippen LogP contribution in [-0.4, -0.2) is 25.8 Å². The molecule has 0 unspecified atom stereocenters. The fourth-order valence-corrected chi connectivity index (χ4v) is 6.85. The van der Waals surface area contributed by atoms with Crippen molar-refractivity contribution >= 4 is 53.2 Å². The first-order chi connectivity index (χ1) is 7.01. The molecule has 0 bridgehead atoms. The normalized spacial score (nSPS) is 18.5. The van der Waals surface area contributed by atoms with Crippen LogP contribution in [0.5, 0.6) is 0 Å². The largest absolute Gasteiger partial charge is 0.245 e. The molecule has 1 fully saturated rings. The average Bonchev–Trinajstić information content (AvgIpc) is 2.74. The highest BCUT2D eigenvalue weighted by molar-refractivity contribution is 9.12. The molecule has 0 aliphatic carbocycles. The highest BCUT2D eigenvalue weighted by atomic mass is 79.9. The quantitative estimate of drug-likeness (QED) is 0.797. The smallest absolute Gasteiger partial charge is 0.207 e. The van der Waals surface area contributed by atoms with Gasteiger partial charge in [-0.2, -0.15) is 4.31 Å².